The molecular weight excluding hydrogens is 335 g/mol. The first-order valence-electron chi connectivity index (χ1n) is 10.2. The minimum atomic E-state index is 0.238. The van der Waals surface area contributed by atoms with Gasteiger partial charge in [-0.2, -0.15) is 0 Å². The SMILES string of the molecule is C=c1cc(C)c(=[B-](c2c(C)cc(C)cc2C)c2c(C)cc(C)cc2C)c(C)c1. The van der Waals surface area contributed by atoms with Gasteiger partial charge in [-0.05, 0) is 60.6 Å². The monoisotopic (exact) mass is 367 g/mol. The van der Waals surface area contributed by atoms with Crippen molar-refractivity contribution in [2.75, 3.05) is 0 Å². The molecule has 3 rings (SSSR count). The van der Waals surface area contributed by atoms with Crippen LogP contribution in [0.25, 0.3) is 6.58 Å². The zero-order valence-corrected chi connectivity index (χ0v) is 18.7. The topological polar surface area (TPSA) is 0 Å². The molecule has 0 unspecified atom stereocenters. The fraction of sp³-hybridized carbons (Fsp3) is 0.296. The molecule has 0 aromatic heterocycles. The highest BCUT2D eigenvalue weighted by molar-refractivity contribution is 6.80. The third-order valence-corrected chi connectivity index (χ3v) is 6.00. The molecule has 0 heterocycles. The average molecular weight is 367 g/mol. The van der Waals surface area contributed by atoms with Crippen molar-refractivity contribution in [1.82, 2.24) is 0 Å². The lowest BCUT2D eigenvalue weighted by molar-refractivity contribution is 1.31. The molecular formula is C27H32B-. The lowest BCUT2D eigenvalue weighted by Gasteiger charge is -2.31. The van der Waals surface area contributed by atoms with Crippen LogP contribution < -0.4 is 16.1 Å². The van der Waals surface area contributed by atoms with Crippen molar-refractivity contribution in [1.29, 1.82) is 0 Å². The van der Waals surface area contributed by atoms with E-state index in [0.717, 1.165) is 5.22 Å². The minimum absolute atomic E-state index is 0.238. The standard InChI is InChI=1S/C27H32B/c1-16-10-19(4)25(20(5)11-16)28(26-21(6)12-17(2)13-22(26)7)27-23(8)14-18(3)15-24(27)9/h10-15H,1H2,2-9H3/q-1. The molecule has 3 aromatic carbocycles. The molecule has 0 N–H and O–H groups in total. The summed E-state index contributed by atoms with van der Waals surface area (Å²) in [4.78, 5) is 0. The molecule has 0 aliphatic carbocycles. The van der Waals surface area contributed by atoms with E-state index in [4.69, 9.17) is 0 Å². The van der Waals surface area contributed by atoms with Gasteiger partial charge in [0, 0.05) is 0 Å². The molecule has 0 atom stereocenters. The van der Waals surface area contributed by atoms with Crippen LogP contribution in [-0.4, -0.2) is 6.35 Å². The van der Waals surface area contributed by atoms with Crippen molar-refractivity contribution < 1.29 is 0 Å². The van der Waals surface area contributed by atoms with Crippen LogP contribution in [0.15, 0.2) is 36.4 Å². The van der Waals surface area contributed by atoms with E-state index in [1.807, 2.05) is 0 Å². The van der Waals surface area contributed by atoms with E-state index in [0.29, 0.717) is 0 Å². The summed E-state index contributed by atoms with van der Waals surface area (Å²) in [5.74, 6) is 0. The van der Waals surface area contributed by atoms with Crippen LogP contribution in [0.3, 0.4) is 0 Å². The zero-order valence-electron chi connectivity index (χ0n) is 18.7. The Hall–Kier alpha value is -2.41. The summed E-state index contributed by atoms with van der Waals surface area (Å²) in [5, 5.41) is 2.52. The molecule has 1 heteroatoms. The Morgan fingerprint density at radius 3 is 1.14 bits per heavy atom. The summed E-state index contributed by atoms with van der Waals surface area (Å²) < 4.78 is 0. The molecule has 0 amide bonds. The zero-order chi connectivity index (χ0) is 20.7. The van der Waals surface area contributed by atoms with Crippen LogP contribution in [0.2, 0.25) is 0 Å². The number of rotatable bonds is 2. The van der Waals surface area contributed by atoms with Crippen molar-refractivity contribution >= 4 is 23.9 Å². The Balaban J connectivity index is 2.64. The van der Waals surface area contributed by atoms with Crippen molar-refractivity contribution in [2.24, 2.45) is 0 Å². The van der Waals surface area contributed by atoms with Crippen molar-refractivity contribution in [2.45, 2.75) is 55.4 Å². The Labute approximate surface area is 170 Å². The minimum Gasteiger partial charge on any atom is -0.217 e. The van der Waals surface area contributed by atoms with E-state index >= 15 is 0 Å². The number of hydrogen-bond acceptors (Lipinski definition) is 0. The lowest BCUT2D eigenvalue weighted by Crippen LogP contribution is -2.42. The molecule has 0 aliphatic rings. The molecule has 0 aliphatic heterocycles. The molecule has 0 spiro atoms. The second-order valence-electron chi connectivity index (χ2n) is 8.70. The highest BCUT2D eigenvalue weighted by Gasteiger charge is 2.09. The van der Waals surface area contributed by atoms with Gasteiger partial charge in [0.25, 0.3) is 0 Å². The maximum Gasteiger partial charge on any atom is -0.0326 e. The molecule has 0 saturated heterocycles. The van der Waals surface area contributed by atoms with E-state index in [1.54, 1.807) is 0 Å². The largest absolute Gasteiger partial charge is 0.217 e. The molecule has 0 bridgehead atoms. The Kier molecular flexibility index (Phi) is 5.48. The van der Waals surface area contributed by atoms with Gasteiger partial charge < -0.3 is 0 Å². The maximum absolute atomic E-state index is 4.18. The molecule has 0 fully saturated rings. The van der Waals surface area contributed by atoms with Gasteiger partial charge in [-0.25, -0.2) is 16.0 Å². The van der Waals surface area contributed by atoms with E-state index in [9.17, 15) is 0 Å². The third-order valence-electron chi connectivity index (χ3n) is 6.00. The van der Waals surface area contributed by atoms with Crippen LogP contribution >= 0.6 is 0 Å². The molecule has 3 aromatic rings. The number of aryl methyl sites for hydroxylation is 8. The highest BCUT2D eigenvalue weighted by atomic mass is 14.1. The lowest BCUT2D eigenvalue weighted by atomic mass is 9.45. The summed E-state index contributed by atoms with van der Waals surface area (Å²) in [5.41, 5.74) is 13.7. The normalized spacial score (nSPS) is 11.0. The quantitative estimate of drug-likeness (QED) is 0.576. The Morgan fingerprint density at radius 1 is 0.500 bits per heavy atom. The molecule has 0 nitrogen and oxygen atoms in total. The van der Waals surface area contributed by atoms with Crippen LogP contribution in [0.5, 0.6) is 0 Å². The fourth-order valence-electron chi connectivity index (χ4n) is 5.25. The second kappa shape index (κ2) is 7.55. The Morgan fingerprint density at radius 2 is 0.821 bits per heavy atom. The molecule has 0 radical (unpaired) electrons. The van der Waals surface area contributed by atoms with Crippen LogP contribution in [0.1, 0.15) is 44.5 Å². The van der Waals surface area contributed by atoms with Crippen LogP contribution in [0.4, 0.5) is 0 Å². The maximum atomic E-state index is 4.18. The summed E-state index contributed by atoms with van der Waals surface area (Å²) in [6.45, 7) is 22.1. The van der Waals surface area contributed by atoms with Gasteiger partial charge in [-0.15, -0.1) is 0 Å². The summed E-state index contributed by atoms with van der Waals surface area (Å²) in [6.07, 6.45) is 0.238. The van der Waals surface area contributed by atoms with Gasteiger partial charge >= 0.3 is 0 Å². The van der Waals surface area contributed by atoms with Gasteiger partial charge in [-0.1, -0.05) is 93.8 Å². The van der Waals surface area contributed by atoms with Gasteiger partial charge in [0.05, 0.1) is 0 Å². The Bertz CT molecular complexity index is 1060. The van der Waals surface area contributed by atoms with Crippen LogP contribution in [-0.2, 0) is 0 Å². The second-order valence-corrected chi connectivity index (χ2v) is 8.70. The number of hydrogen-bond donors (Lipinski definition) is 0. The predicted octanol–water partition coefficient (Wildman–Crippen LogP) is 4.71. The summed E-state index contributed by atoms with van der Waals surface area (Å²) in [6, 6.07) is 13.8. The van der Waals surface area contributed by atoms with Gasteiger partial charge in [0.1, 0.15) is 0 Å². The number of benzene rings is 3. The van der Waals surface area contributed by atoms with E-state index in [-0.39, 0.29) is 6.35 Å². The average Bonchev–Trinajstić information content (AvgIpc) is 2.51. The van der Waals surface area contributed by atoms with Crippen molar-refractivity contribution in [3.05, 3.63) is 91.2 Å². The first-order chi connectivity index (χ1) is 13.1. The fourth-order valence-corrected chi connectivity index (χ4v) is 5.25. The smallest absolute Gasteiger partial charge is 0.0326 e. The van der Waals surface area contributed by atoms with Crippen molar-refractivity contribution in [3.63, 3.8) is 0 Å². The van der Waals surface area contributed by atoms with Gasteiger partial charge in [-0.3, -0.25) is 0 Å². The summed E-state index contributed by atoms with van der Waals surface area (Å²) >= 11 is 0. The molecule has 144 valence electrons. The van der Waals surface area contributed by atoms with E-state index in [1.165, 1.54) is 60.5 Å². The molecule has 0 saturated carbocycles. The first kappa shape index (κ1) is 20.3. The predicted molar refractivity (Wildman–Crippen MR) is 126 cm³/mol. The van der Waals surface area contributed by atoms with Gasteiger partial charge in [0.15, 0.2) is 0 Å². The first-order valence-corrected chi connectivity index (χ1v) is 10.2. The van der Waals surface area contributed by atoms with Gasteiger partial charge in [0.2, 0.25) is 0 Å². The van der Waals surface area contributed by atoms with E-state index < -0.39 is 0 Å². The van der Waals surface area contributed by atoms with Crippen molar-refractivity contribution in [3.8, 4) is 0 Å². The third kappa shape index (κ3) is 3.63. The van der Waals surface area contributed by atoms with E-state index in [2.05, 4.69) is 98.4 Å². The summed E-state index contributed by atoms with van der Waals surface area (Å²) in [7, 11) is 0. The molecule has 28 heavy (non-hydrogen) atoms. The van der Waals surface area contributed by atoms with Crippen LogP contribution in [0, 0.1) is 60.5 Å². The highest BCUT2D eigenvalue weighted by Crippen LogP contribution is 2.14.